The van der Waals surface area contributed by atoms with Gasteiger partial charge in [-0.25, -0.2) is 4.79 Å². The number of methoxy groups -OCH3 is 1. The van der Waals surface area contributed by atoms with Gasteiger partial charge in [-0.15, -0.1) is 0 Å². The van der Waals surface area contributed by atoms with Crippen LogP contribution in [0.5, 0.6) is 5.75 Å². The van der Waals surface area contributed by atoms with Crippen LogP contribution in [0.25, 0.3) is 6.08 Å². The Kier molecular flexibility index (Phi) is 3.29. The number of carboxylic acid groups (broad SMARTS) is 1. The smallest absolute Gasteiger partial charge is 0.328 e. The number of hydrogen-bond acceptors (Lipinski definition) is 2. The van der Waals surface area contributed by atoms with Crippen LogP contribution in [0.3, 0.4) is 0 Å². The fourth-order valence-corrected chi connectivity index (χ4v) is 1.12. The minimum Gasteiger partial charge on any atom is -0.497 e. The van der Waals surface area contributed by atoms with E-state index >= 15 is 0 Å². The number of carboxylic acids is 1. The predicted octanol–water partition coefficient (Wildman–Crippen LogP) is 2.10. The summed E-state index contributed by atoms with van der Waals surface area (Å²) in [7, 11) is 1.60. The molecule has 0 saturated heterocycles. The lowest BCUT2D eigenvalue weighted by atomic mass is 10.1. The van der Waals surface area contributed by atoms with E-state index in [1.165, 1.54) is 0 Å². The van der Waals surface area contributed by atoms with E-state index in [-0.39, 0.29) is 0 Å². The number of benzene rings is 1. The quantitative estimate of drug-likeness (QED) is 0.746. The molecule has 0 spiro atoms. The van der Waals surface area contributed by atoms with Gasteiger partial charge in [0.2, 0.25) is 0 Å². The fourth-order valence-electron chi connectivity index (χ4n) is 1.12. The van der Waals surface area contributed by atoms with Crippen molar-refractivity contribution in [3.8, 4) is 5.75 Å². The Morgan fingerprint density at radius 3 is 2.71 bits per heavy atom. The number of rotatable bonds is 3. The number of carbonyl (C=O) groups is 1. The fraction of sp³-hybridized carbons (Fsp3) is 0.182. The SMILES string of the molecule is COc1ccc(/C=C\C(=O)O)c(C)c1. The van der Waals surface area contributed by atoms with Crippen LogP contribution in [0.4, 0.5) is 0 Å². The van der Waals surface area contributed by atoms with Gasteiger partial charge in [-0.05, 0) is 36.3 Å². The molecule has 74 valence electrons. The van der Waals surface area contributed by atoms with Gasteiger partial charge in [-0.2, -0.15) is 0 Å². The summed E-state index contributed by atoms with van der Waals surface area (Å²) in [5.74, 6) is -0.171. The molecule has 1 aromatic rings. The minimum absolute atomic E-state index is 0.773. The minimum atomic E-state index is -0.944. The zero-order valence-electron chi connectivity index (χ0n) is 8.15. The molecule has 0 radical (unpaired) electrons. The molecule has 0 atom stereocenters. The molecule has 0 bridgehead atoms. The maximum absolute atomic E-state index is 10.3. The van der Waals surface area contributed by atoms with E-state index in [1.54, 1.807) is 19.3 Å². The van der Waals surface area contributed by atoms with Crippen LogP contribution < -0.4 is 4.74 Å². The van der Waals surface area contributed by atoms with Gasteiger partial charge >= 0.3 is 5.97 Å². The average Bonchev–Trinajstić information content (AvgIpc) is 2.15. The highest BCUT2D eigenvalue weighted by Crippen LogP contribution is 2.17. The predicted molar refractivity (Wildman–Crippen MR) is 54.4 cm³/mol. The second-order valence-electron chi connectivity index (χ2n) is 2.89. The molecule has 0 aliphatic heterocycles. The van der Waals surface area contributed by atoms with E-state index in [4.69, 9.17) is 9.84 Å². The Bertz CT molecular complexity index is 367. The third-order valence-electron chi connectivity index (χ3n) is 1.88. The van der Waals surface area contributed by atoms with Gasteiger partial charge in [-0.3, -0.25) is 0 Å². The summed E-state index contributed by atoms with van der Waals surface area (Å²) < 4.78 is 5.04. The van der Waals surface area contributed by atoms with E-state index < -0.39 is 5.97 Å². The van der Waals surface area contributed by atoms with Crippen LogP contribution in [-0.2, 0) is 4.79 Å². The molecule has 0 aliphatic carbocycles. The second-order valence-corrected chi connectivity index (χ2v) is 2.89. The van der Waals surface area contributed by atoms with E-state index in [2.05, 4.69) is 0 Å². The van der Waals surface area contributed by atoms with Gasteiger partial charge in [0.15, 0.2) is 0 Å². The third-order valence-corrected chi connectivity index (χ3v) is 1.88. The van der Waals surface area contributed by atoms with Crippen molar-refractivity contribution in [2.75, 3.05) is 7.11 Å². The third kappa shape index (κ3) is 2.62. The van der Waals surface area contributed by atoms with Crippen molar-refractivity contribution in [1.82, 2.24) is 0 Å². The maximum Gasteiger partial charge on any atom is 0.328 e. The van der Waals surface area contributed by atoms with Crippen LogP contribution in [0, 0.1) is 6.92 Å². The molecule has 0 aliphatic rings. The maximum atomic E-state index is 10.3. The Labute approximate surface area is 82.6 Å². The molecule has 0 amide bonds. The first-order valence-corrected chi connectivity index (χ1v) is 4.19. The topological polar surface area (TPSA) is 46.5 Å². The Hall–Kier alpha value is -1.77. The zero-order chi connectivity index (χ0) is 10.6. The summed E-state index contributed by atoms with van der Waals surface area (Å²) >= 11 is 0. The van der Waals surface area contributed by atoms with Crippen molar-refractivity contribution in [1.29, 1.82) is 0 Å². The van der Waals surface area contributed by atoms with Crippen LogP contribution in [-0.4, -0.2) is 18.2 Å². The summed E-state index contributed by atoms with van der Waals surface area (Å²) in [5, 5.41) is 8.45. The van der Waals surface area contributed by atoms with E-state index in [1.807, 2.05) is 19.1 Å². The van der Waals surface area contributed by atoms with E-state index in [9.17, 15) is 4.79 Å². The summed E-state index contributed by atoms with van der Waals surface area (Å²) in [6.07, 6.45) is 2.69. The number of hydrogen-bond donors (Lipinski definition) is 1. The molecule has 3 heteroatoms. The lowest BCUT2D eigenvalue weighted by Crippen LogP contribution is -1.88. The molecule has 0 saturated carbocycles. The molecule has 1 aromatic carbocycles. The standard InChI is InChI=1S/C11H12O3/c1-8-7-10(14-2)5-3-9(8)4-6-11(12)13/h3-7H,1-2H3,(H,12,13)/b6-4-. The van der Waals surface area contributed by atoms with Gasteiger partial charge in [0, 0.05) is 6.08 Å². The summed E-state index contributed by atoms with van der Waals surface area (Å²) in [5.41, 5.74) is 1.87. The highest BCUT2D eigenvalue weighted by Gasteiger charge is 1.97. The normalized spacial score (nSPS) is 10.4. The van der Waals surface area contributed by atoms with Gasteiger partial charge in [-0.1, -0.05) is 6.07 Å². The number of aliphatic carboxylic acids is 1. The Morgan fingerprint density at radius 2 is 2.21 bits per heavy atom. The van der Waals surface area contributed by atoms with Crippen LogP contribution >= 0.6 is 0 Å². The van der Waals surface area contributed by atoms with Crippen LogP contribution in [0.2, 0.25) is 0 Å². The van der Waals surface area contributed by atoms with Crippen molar-refractivity contribution in [3.63, 3.8) is 0 Å². The summed E-state index contributed by atoms with van der Waals surface area (Å²) in [6.45, 7) is 1.91. The van der Waals surface area contributed by atoms with Crippen molar-refractivity contribution < 1.29 is 14.6 Å². The molecular formula is C11H12O3. The second kappa shape index (κ2) is 4.46. The molecule has 0 fully saturated rings. The molecule has 0 aromatic heterocycles. The van der Waals surface area contributed by atoms with Gasteiger partial charge in [0.25, 0.3) is 0 Å². The number of ether oxygens (including phenoxy) is 1. The first-order valence-electron chi connectivity index (χ1n) is 4.19. The molecule has 0 heterocycles. The van der Waals surface area contributed by atoms with Gasteiger partial charge in [0.1, 0.15) is 5.75 Å². The average molecular weight is 192 g/mol. The lowest BCUT2D eigenvalue weighted by molar-refractivity contribution is -0.131. The van der Waals surface area contributed by atoms with Crippen molar-refractivity contribution in [2.45, 2.75) is 6.92 Å². The van der Waals surface area contributed by atoms with Crippen molar-refractivity contribution >= 4 is 12.0 Å². The van der Waals surface area contributed by atoms with Gasteiger partial charge in [0.05, 0.1) is 7.11 Å². The number of aryl methyl sites for hydroxylation is 1. The first kappa shape index (κ1) is 10.3. The van der Waals surface area contributed by atoms with Crippen molar-refractivity contribution in [2.24, 2.45) is 0 Å². The molecule has 0 unspecified atom stereocenters. The molecule has 1 N–H and O–H groups in total. The monoisotopic (exact) mass is 192 g/mol. The summed E-state index contributed by atoms with van der Waals surface area (Å²) in [6, 6.07) is 5.49. The zero-order valence-corrected chi connectivity index (χ0v) is 8.15. The summed E-state index contributed by atoms with van der Waals surface area (Å²) in [4.78, 5) is 10.3. The van der Waals surface area contributed by atoms with Crippen LogP contribution in [0.15, 0.2) is 24.3 Å². The lowest BCUT2D eigenvalue weighted by Gasteiger charge is -2.03. The first-order chi connectivity index (χ1) is 6.63. The Balaban J connectivity index is 2.94. The van der Waals surface area contributed by atoms with Crippen molar-refractivity contribution in [3.05, 3.63) is 35.4 Å². The van der Waals surface area contributed by atoms with E-state index in [0.717, 1.165) is 23.0 Å². The Morgan fingerprint density at radius 1 is 1.50 bits per heavy atom. The van der Waals surface area contributed by atoms with E-state index in [0.29, 0.717) is 0 Å². The molecule has 14 heavy (non-hydrogen) atoms. The highest BCUT2D eigenvalue weighted by atomic mass is 16.5. The largest absolute Gasteiger partial charge is 0.497 e. The molecule has 3 nitrogen and oxygen atoms in total. The van der Waals surface area contributed by atoms with Gasteiger partial charge < -0.3 is 9.84 Å². The van der Waals surface area contributed by atoms with Crippen LogP contribution in [0.1, 0.15) is 11.1 Å². The highest BCUT2D eigenvalue weighted by molar-refractivity contribution is 5.85. The molecule has 1 rings (SSSR count). The molecular weight excluding hydrogens is 180 g/mol.